The molecule has 132 valence electrons. The molecule has 0 aliphatic heterocycles. The molecule has 3 nitrogen and oxygen atoms in total. The van der Waals surface area contributed by atoms with E-state index in [0.717, 1.165) is 14.0 Å². The second-order valence-electron chi connectivity index (χ2n) is 5.63. The average Bonchev–Trinajstić information content (AvgIpc) is 3.27. The summed E-state index contributed by atoms with van der Waals surface area (Å²) in [5.74, 6) is 0.0840. The molecule has 0 amide bonds. The van der Waals surface area contributed by atoms with Crippen LogP contribution in [-0.4, -0.2) is 9.97 Å². The fourth-order valence-corrected chi connectivity index (χ4v) is 4.68. The summed E-state index contributed by atoms with van der Waals surface area (Å²) < 4.78 is 14.4. The van der Waals surface area contributed by atoms with E-state index >= 15 is 0 Å². The lowest BCUT2D eigenvalue weighted by atomic mass is 10.2. The predicted molar refractivity (Wildman–Crippen MR) is 109 cm³/mol. The molecular formula is C20H11ClFN3S2. The number of halogens is 2. The van der Waals surface area contributed by atoms with E-state index in [-0.39, 0.29) is 5.82 Å². The zero-order valence-electron chi connectivity index (χ0n) is 13.7. The Morgan fingerprint density at radius 1 is 1.19 bits per heavy atom. The van der Waals surface area contributed by atoms with Crippen molar-refractivity contribution in [1.29, 1.82) is 5.26 Å². The third-order valence-corrected chi connectivity index (χ3v) is 6.16. The summed E-state index contributed by atoms with van der Waals surface area (Å²) in [4.78, 5) is 9.42. The molecule has 2 aromatic heterocycles. The standard InChI is InChI=1S/C20H11ClFN3S2/c21-13-1-4-15(5-2-13)26-19-8-6-16(27-19)9-12(11-23)20-24-17-7-3-14(22)10-18(17)25-20/h1-10H,(H,24,25)/b12-9-. The van der Waals surface area contributed by atoms with E-state index in [4.69, 9.17) is 11.6 Å². The highest BCUT2D eigenvalue weighted by Crippen LogP contribution is 2.35. The fourth-order valence-electron chi connectivity index (χ4n) is 2.49. The quantitative estimate of drug-likeness (QED) is 0.383. The van der Waals surface area contributed by atoms with Crippen molar-refractivity contribution in [3.63, 3.8) is 0 Å². The summed E-state index contributed by atoms with van der Waals surface area (Å²) in [6, 6.07) is 18.1. The number of aromatic nitrogens is 2. The first-order valence-corrected chi connectivity index (χ1v) is 9.92. The van der Waals surface area contributed by atoms with Crippen LogP contribution >= 0.6 is 34.7 Å². The number of thiophene rings is 1. The first-order valence-electron chi connectivity index (χ1n) is 7.91. The van der Waals surface area contributed by atoms with Crippen molar-refractivity contribution in [2.75, 3.05) is 0 Å². The molecule has 0 saturated carbocycles. The molecule has 0 radical (unpaired) electrons. The highest BCUT2D eigenvalue weighted by atomic mass is 35.5. The monoisotopic (exact) mass is 411 g/mol. The predicted octanol–water partition coefficient (Wildman–Crippen LogP) is 6.63. The minimum Gasteiger partial charge on any atom is -0.337 e. The molecule has 0 unspecified atom stereocenters. The number of allylic oxidation sites excluding steroid dienone is 1. The van der Waals surface area contributed by atoms with Gasteiger partial charge in [0.05, 0.1) is 20.8 Å². The van der Waals surface area contributed by atoms with Crippen LogP contribution in [0.15, 0.2) is 63.7 Å². The molecule has 0 spiro atoms. The highest BCUT2D eigenvalue weighted by molar-refractivity contribution is 8.01. The van der Waals surface area contributed by atoms with Gasteiger partial charge >= 0.3 is 0 Å². The van der Waals surface area contributed by atoms with Crippen molar-refractivity contribution < 1.29 is 4.39 Å². The number of hydrogen-bond acceptors (Lipinski definition) is 4. The molecule has 0 fully saturated rings. The Balaban J connectivity index is 1.60. The number of imidazole rings is 1. The third kappa shape index (κ3) is 4.06. The van der Waals surface area contributed by atoms with Gasteiger partial charge in [0.15, 0.2) is 0 Å². The van der Waals surface area contributed by atoms with Crippen molar-refractivity contribution in [1.82, 2.24) is 9.97 Å². The minimum absolute atomic E-state index is 0.345. The van der Waals surface area contributed by atoms with Gasteiger partial charge in [0.1, 0.15) is 17.7 Å². The molecule has 1 N–H and O–H groups in total. The largest absolute Gasteiger partial charge is 0.337 e. The Bertz CT molecular complexity index is 1190. The van der Waals surface area contributed by atoms with E-state index in [0.29, 0.717) is 27.5 Å². The molecule has 0 bridgehead atoms. The van der Waals surface area contributed by atoms with Crippen molar-refractivity contribution >= 4 is 57.4 Å². The Hall–Kier alpha value is -2.59. The first-order chi connectivity index (χ1) is 13.1. The van der Waals surface area contributed by atoms with Crippen LogP contribution < -0.4 is 0 Å². The van der Waals surface area contributed by atoms with Crippen LogP contribution in [0.5, 0.6) is 0 Å². The molecule has 0 saturated heterocycles. The second-order valence-corrected chi connectivity index (χ2v) is 8.56. The van der Waals surface area contributed by atoms with E-state index in [1.54, 1.807) is 35.2 Å². The van der Waals surface area contributed by atoms with Crippen molar-refractivity contribution in [2.45, 2.75) is 9.10 Å². The van der Waals surface area contributed by atoms with Crippen LogP contribution in [0, 0.1) is 17.1 Å². The van der Waals surface area contributed by atoms with Gasteiger partial charge in [-0.2, -0.15) is 5.26 Å². The van der Waals surface area contributed by atoms with Gasteiger partial charge in [-0.05, 0) is 60.7 Å². The zero-order chi connectivity index (χ0) is 18.8. The summed E-state index contributed by atoms with van der Waals surface area (Å²) >= 11 is 9.13. The normalized spacial score (nSPS) is 11.7. The molecule has 0 atom stereocenters. The van der Waals surface area contributed by atoms with Crippen LogP contribution in [0.25, 0.3) is 22.7 Å². The van der Waals surface area contributed by atoms with E-state index in [9.17, 15) is 9.65 Å². The van der Waals surface area contributed by atoms with Crippen LogP contribution in [0.3, 0.4) is 0 Å². The van der Waals surface area contributed by atoms with E-state index in [1.165, 1.54) is 12.1 Å². The van der Waals surface area contributed by atoms with Crippen LogP contribution in [0.1, 0.15) is 10.7 Å². The smallest absolute Gasteiger partial charge is 0.149 e. The Labute approximate surface area is 168 Å². The molecule has 0 aliphatic carbocycles. The topological polar surface area (TPSA) is 52.5 Å². The lowest BCUT2D eigenvalue weighted by molar-refractivity contribution is 0.629. The van der Waals surface area contributed by atoms with Gasteiger partial charge in [-0.15, -0.1) is 11.3 Å². The lowest BCUT2D eigenvalue weighted by Crippen LogP contribution is -1.83. The van der Waals surface area contributed by atoms with Crippen LogP contribution in [0.2, 0.25) is 5.02 Å². The first kappa shape index (κ1) is 17.8. The molecule has 0 aliphatic rings. The maximum Gasteiger partial charge on any atom is 0.149 e. The zero-order valence-corrected chi connectivity index (χ0v) is 16.1. The summed E-state index contributed by atoms with van der Waals surface area (Å²) in [6.07, 6.45) is 1.78. The van der Waals surface area contributed by atoms with Gasteiger partial charge in [-0.25, -0.2) is 9.37 Å². The molecular weight excluding hydrogens is 401 g/mol. The molecule has 7 heteroatoms. The maximum atomic E-state index is 13.3. The van der Waals surface area contributed by atoms with E-state index in [2.05, 4.69) is 16.0 Å². The molecule has 2 heterocycles. The van der Waals surface area contributed by atoms with Gasteiger partial charge in [-0.1, -0.05) is 23.4 Å². The second kappa shape index (κ2) is 7.57. The van der Waals surface area contributed by atoms with Gasteiger partial charge in [0.2, 0.25) is 0 Å². The van der Waals surface area contributed by atoms with Crippen LogP contribution in [0.4, 0.5) is 4.39 Å². The minimum atomic E-state index is -0.345. The Kier molecular flexibility index (Phi) is 4.99. The Morgan fingerprint density at radius 2 is 2.00 bits per heavy atom. The van der Waals surface area contributed by atoms with Crippen molar-refractivity contribution in [2.24, 2.45) is 0 Å². The van der Waals surface area contributed by atoms with Crippen LogP contribution in [-0.2, 0) is 0 Å². The summed E-state index contributed by atoms with van der Waals surface area (Å²) in [6.45, 7) is 0. The van der Waals surface area contributed by atoms with Gasteiger partial charge in [-0.3, -0.25) is 0 Å². The number of benzene rings is 2. The summed E-state index contributed by atoms with van der Waals surface area (Å²) in [5, 5.41) is 10.2. The van der Waals surface area contributed by atoms with Gasteiger partial charge in [0, 0.05) is 14.8 Å². The summed E-state index contributed by atoms with van der Waals surface area (Å²) in [5.41, 5.74) is 1.59. The Morgan fingerprint density at radius 3 is 2.78 bits per heavy atom. The number of aromatic amines is 1. The van der Waals surface area contributed by atoms with Crippen molar-refractivity contribution in [3.05, 3.63) is 76.1 Å². The number of H-pyrrole nitrogens is 1. The average molecular weight is 412 g/mol. The number of nitrogens with one attached hydrogen (secondary N) is 1. The SMILES string of the molecule is N#C/C(=C/c1ccc(Sc2ccc(Cl)cc2)s1)c1nc2ccc(F)cc2[nH]1. The number of nitrogens with zero attached hydrogens (tertiary/aromatic N) is 2. The van der Waals surface area contributed by atoms with E-state index < -0.39 is 0 Å². The molecule has 27 heavy (non-hydrogen) atoms. The van der Waals surface area contributed by atoms with Gasteiger partial charge in [0.25, 0.3) is 0 Å². The number of fused-ring (bicyclic) bond motifs is 1. The molecule has 4 rings (SSSR count). The molecule has 4 aromatic rings. The summed E-state index contributed by atoms with van der Waals surface area (Å²) in [7, 11) is 0. The van der Waals surface area contributed by atoms with Crippen molar-refractivity contribution in [3.8, 4) is 6.07 Å². The maximum absolute atomic E-state index is 13.3. The number of rotatable bonds is 4. The lowest BCUT2D eigenvalue weighted by Gasteiger charge is -1.97. The number of nitriles is 1. The molecule has 2 aromatic carbocycles. The van der Waals surface area contributed by atoms with Gasteiger partial charge < -0.3 is 4.98 Å². The highest BCUT2D eigenvalue weighted by Gasteiger charge is 2.10. The third-order valence-electron chi connectivity index (χ3n) is 3.74. The fraction of sp³-hybridized carbons (Fsp3) is 0. The van der Waals surface area contributed by atoms with E-state index in [1.807, 2.05) is 36.4 Å². The number of hydrogen-bond donors (Lipinski definition) is 1.